The molecule has 1 unspecified atom stereocenters. The van der Waals surface area contributed by atoms with Gasteiger partial charge in [0.25, 0.3) is 0 Å². The van der Waals surface area contributed by atoms with Crippen molar-refractivity contribution in [2.45, 2.75) is 12.5 Å². The third-order valence-electron chi connectivity index (χ3n) is 2.33. The molecule has 0 spiro atoms. The molecule has 20 heavy (non-hydrogen) atoms. The molecule has 0 radical (unpaired) electrons. The molecular weight excluding hydrogens is 306 g/mol. The molecule has 3 N–H and O–H groups in total. The zero-order valence-electron chi connectivity index (χ0n) is 10.4. The topological polar surface area (TPSA) is 104 Å². The zero-order valence-corrected chi connectivity index (χ0v) is 11.9. The maximum absolute atomic E-state index is 11.7. The molecule has 0 aromatic heterocycles. The van der Waals surface area contributed by atoms with Crippen LogP contribution in [0.1, 0.15) is 12.0 Å². The Morgan fingerprint density at radius 1 is 1.35 bits per heavy atom. The van der Waals surface area contributed by atoms with Gasteiger partial charge in [0.1, 0.15) is 6.04 Å². The van der Waals surface area contributed by atoms with Gasteiger partial charge in [-0.05, 0) is 30.2 Å². The first-order valence-corrected chi connectivity index (χ1v) is 7.56. The summed E-state index contributed by atoms with van der Waals surface area (Å²) in [5, 5.41) is 18.9. The Labute approximate surface area is 121 Å². The highest BCUT2D eigenvalue weighted by atomic mass is 35.5. The van der Waals surface area contributed by atoms with E-state index < -0.39 is 28.6 Å². The Balaban J connectivity index is 2.78. The van der Waals surface area contributed by atoms with Crippen LogP contribution >= 0.6 is 11.6 Å². The first-order chi connectivity index (χ1) is 9.34. The van der Waals surface area contributed by atoms with Crippen molar-refractivity contribution in [3.05, 3.63) is 40.3 Å². The number of hydrogen-bond donors (Lipinski definition) is 3. The van der Waals surface area contributed by atoms with Gasteiger partial charge in [-0.2, -0.15) is 4.72 Å². The van der Waals surface area contributed by atoms with Crippen molar-refractivity contribution in [2.75, 3.05) is 6.61 Å². The zero-order chi connectivity index (χ0) is 15.2. The highest BCUT2D eigenvalue weighted by Crippen LogP contribution is 2.11. The van der Waals surface area contributed by atoms with Crippen LogP contribution in [0.25, 0.3) is 6.08 Å². The average molecular weight is 320 g/mol. The summed E-state index contributed by atoms with van der Waals surface area (Å²) in [6.07, 6.45) is 1.11. The standard InChI is InChI=1S/C12H14ClNO5S/c13-10-3-1-9(2-4-10)6-8-20(18,19)14-11(5-7-15)12(16)17/h1-4,6,8,11,14-15H,5,7H2,(H,16,17)/b8-6+. The summed E-state index contributed by atoms with van der Waals surface area (Å²) >= 11 is 5.70. The summed E-state index contributed by atoms with van der Waals surface area (Å²) in [6, 6.07) is 5.09. The van der Waals surface area contributed by atoms with Crippen molar-refractivity contribution in [3.8, 4) is 0 Å². The number of carboxylic acid groups (broad SMARTS) is 1. The maximum Gasteiger partial charge on any atom is 0.321 e. The third-order valence-corrected chi connectivity index (χ3v) is 3.69. The molecule has 8 heteroatoms. The van der Waals surface area contributed by atoms with Gasteiger partial charge >= 0.3 is 5.97 Å². The third kappa shape index (κ3) is 5.70. The predicted molar refractivity (Wildman–Crippen MR) is 75.7 cm³/mol. The first kappa shape index (κ1) is 16.6. The fourth-order valence-electron chi connectivity index (χ4n) is 1.34. The monoisotopic (exact) mass is 319 g/mol. The Morgan fingerprint density at radius 2 is 1.95 bits per heavy atom. The number of hydrogen-bond acceptors (Lipinski definition) is 4. The fraction of sp³-hybridized carbons (Fsp3) is 0.250. The van der Waals surface area contributed by atoms with Crippen LogP contribution in [-0.4, -0.2) is 37.2 Å². The number of sulfonamides is 1. The largest absolute Gasteiger partial charge is 0.480 e. The second kappa shape index (κ2) is 7.39. The van der Waals surface area contributed by atoms with Gasteiger partial charge in [-0.1, -0.05) is 23.7 Å². The van der Waals surface area contributed by atoms with E-state index in [1.165, 1.54) is 6.08 Å². The lowest BCUT2D eigenvalue weighted by Gasteiger charge is -2.11. The van der Waals surface area contributed by atoms with Crippen LogP contribution in [0.15, 0.2) is 29.7 Å². The highest BCUT2D eigenvalue weighted by Gasteiger charge is 2.21. The molecule has 1 atom stereocenters. The molecule has 1 rings (SSSR count). The SMILES string of the molecule is O=C(O)C(CCO)NS(=O)(=O)/C=C/c1ccc(Cl)cc1. The summed E-state index contributed by atoms with van der Waals surface area (Å²) < 4.78 is 25.4. The second-order valence-electron chi connectivity index (χ2n) is 3.92. The van der Waals surface area contributed by atoms with Crippen molar-refractivity contribution in [1.29, 1.82) is 0 Å². The van der Waals surface area contributed by atoms with Gasteiger partial charge < -0.3 is 10.2 Å². The van der Waals surface area contributed by atoms with E-state index in [4.69, 9.17) is 21.8 Å². The number of rotatable bonds is 7. The Kier molecular flexibility index (Phi) is 6.15. The van der Waals surface area contributed by atoms with Crippen LogP contribution in [-0.2, 0) is 14.8 Å². The fourth-order valence-corrected chi connectivity index (χ4v) is 2.50. The van der Waals surface area contributed by atoms with Gasteiger partial charge in [0.15, 0.2) is 0 Å². The highest BCUT2D eigenvalue weighted by molar-refractivity contribution is 7.92. The molecule has 0 aliphatic carbocycles. The van der Waals surface area contributed by atoms with E-state index in [9.17, 15) is 13.2 Å². The second-order valence-corrected chi connectivity index (χ2v) is 5.95. The van der Waals surface area contributed by atoms with E-state index in [0.717, 1.165) is 5.41 Å². The minimum absolute atomic E-state index is 0.205. The van der Waals surface area contributed by atoms with Crippen molar-refractivity contribution < 1.29 is 23.4 Å². The lowest BCUT2D eigenvalue weighted by Crippen LogP contribution is -2.40. The van der Waals surface area contributed by atoms with Crippen LogP contribution < -0.4 is 4.72 Å². The molecule has 6 nitrogen and oxygen atoms in total. The number of aliphatic hydroxyl groups is 1. The lowest BCUT2D eigenvalue weighted by molar-refractivity contribution is -0.139. The van der Waals surface area contributed by atoms with Gasteiger partial charge in [-0.25, -0.2) is 8.42 Å². The summed E-state index contributed by atoms with van der Waals surface area (Å²) in [7, 11) is -3.91. The number of carboxylic acids is 1. The number of carbonyl (C=O) groups is 1. The van der Waals surface area contributed by atoms with Crippen molar-refractivity contribution in [3.63, 3.8) is 0 Å². The summed E-state index contributed by atoms with van der Waals surface area (Å²) in [5.74, 6) is -1.34. The summed E-state index contributed by atoms with van der Waals surface area (Å²) in [6.45, 7) is -0.430. The van der Waals surface area contributed by atoms with Crippen LogP contribution in [0.5, 0.6) is 0 Å². The molecule has 110 valence electrons. The number of aliphatic carboxylic acids is 1. The molecule has 0 bridgehead atoms. The molecule has 0 saturated carbocycles. The van der Waals surface area contributed by atoms with Crippen molar-refractivity contribution >= 4 is 33.7 Å². The van der Waals surface area contributed by atoms with Gasteiger partial charge in [0, 0.05) is 17.0 Å². The molecule has 1 aromatic carbocycles. The number of nitrogens with one attached hydrogen (secondary N) is 1. The van der Waals surface area contributed by atoms with E-state index in [1.54, 1.807) is 24.3 Å². The molecule has 0 heterocycles. The van der Waals surface area contributed by atoms with Crippen LogP contribution in [0.4, 0.5) is 0 Å². The molecule has 0 fully saturated rings. The number of aliphatic hydroxyl groups excluding tert-OH is 1. The quantitative estimate of drug-likeness (QED) is 0.697. The van der Waals surface area contributed by atoms with Crippen molar-refractivity contribution in [1.82, 2.24) is 4.72 Å². The minimum Gasteiger partial charge on any atom is -0.480 e. The maximum atomic E-state index is 11.7. The number of halogens is 1. The van der Waals surface area contributed by atoms with E-state index >= 15 is 0 Å². The normalized spacial score (nSPS) is 13.5. The van der Waals surface area contributed by atoms with Crippen molar-refractivity contribution in [2.24, 2.45) is 0 Å². The molecule has 0 amide bonds. The van der Waals surface area contributed by atoms with E-state index in [2.05, 4.69) is 0 Å². The number of benzene rings is 1. The Morgan fingerprint density at radius 3 is 2.45 bits per heavy atom. The Bertz CT molecular complexity index is 582. The summed E-state index contributed by atoms with van der Waals surface area (Å²) in [4.78, 5) is 10.8. The van der Waals surface area contributed by atoms with E-state index in [0.29, 0.717) is 10.6 Å². The van der Waals surface area contributed by atoms with Gasteiger partial charge in [0.2, 0.25) is 10.0 Å². The van der Waals surface area contributed by atoms with Gasteiger partial charge in [0.05, 0.1) is 0 Å². The van der Waals surface area contributed by atoms with Gasteiger partial charge in [-0.15, -0.1) is 0 Å². The average Bonchev–Trinajstić information content (AvgIpc) is 2.37. The van der Waals surface area contributed by atoms with Crippen LogP contribution in [0.3, 0.4) is 0 Å². The van der Waals surface area contributed by atoms with E-state index in [1.807, 2.05) is 4.72 Å². The minimum atomic E-state index is -3.91. The molecule has 0 saturated heterocycles. The predicted octanol–water partition coefficient (Wildman–Crippen LogP) is 1.07. The molecule has 0 aliphatic rings. The molecule has 0 aliphatic heterocycles. The molecule has 1 aromatic rings. The van der Waals surface area contributed by atoms with E-state index in [-0.39, 0.29) is 6.42 Å². The smallest absolute Gasteiger partial charge is 0.321 e. The molecular formula is C12H14ClNO5S. The Hall–Kier alpha value is -1.41. The van der Waals surface area contributed by atoms with Crippen LogP contribution in [0.2, 0.25) is 5.02 Å². The van der Waals surface area contributed by atoms with Gasteiger partial charge in [-0.3, -0.25) is 4.79 Å². The summed E-state index contributed by atoms with van der Waals surface area (Å²) in [5.41, 5.74) is 0.605. The van der Waals surface area contributed by atoms with Crippen LogP contribution in [0, 0.1) is 0 Å². The lowest BCUT2D eigenvalue weighted by atomic mass is 10.2. The first-order valence-electron chi connectivity index (χ1n) is 5.64.